The molecule has 0 radical (unpaired) electrons. The number of hydrogen-bond donors (Lipinski definition) is 0. The summed E-state index contributed by atoms with van der Waals surface area (Å²) in [6.45, 7) is 13.0. The predicted molar refractivity (Wildman–Crippen MR) is 83.0 cm³/mol. The van der Waals surface area contributed by atoms with Crippen molar-refractivity contribution >= 4 is 0 Å². The molecule has 2 aliphatic rings. The minimum absolute atomic E-state index is 1.07. The second kappa shape index (κ2) is 6.13. The van der Waals surface area contributed by atoms with Gasteiger partial charge in [0.05, 0.1) is 53.4 Å². The van der Waals surface area contributed by atoms with Crippen molar-refractivity contribution in [3.8, 4) is 0 Å². The van der Waals surface area contributed by atoms with E-state index < -0.39 is 0 Å². The van der Waals surface area contributed by atoms with E-state index in [-0.39, 0.29) is 0 Å². The molecule has 0 bridgehead atoms. The quantitative estimate of drug-likeness (QED) is 0.649. The molecule has 0 aromatic carbocycles. The van der Waals surface area contributed by atoms with E-state index in [1.165, 1.54) is 80.3 Å². The van der Waals surface area contributed by atoms with Crippen LogP contribution in [-0.2, 0) is 0 Å². The Morgan fingerprint density at radius 1 is 1.00 bits per heavy atom. The van der Waals surface area contributed by atoms with Crippen molar-refractivity contribution in [1.29, 1.82) is 0 Å². The minimum Gasteiger partial charge on any atom is -0.326 e. The Kier molecular flexibility index (Phi) is 4.94. The molecular formula is C17H36N2+2. The summed E-state index contributed by atoms with van der Waals surface area (Å²) in [5.41, 5.74) is 0. The van der Waals surface area contributed by atoms with Crippen molar-refractivity contribution in [2.24, 2.45) is 11.8 Å². The van der Waals surface area contributed by atoms with Crippen LogP contribution in [0.4, 0.5) is 0 Å². The summed E-state index contributed by atoms with van der Waals surface area (Å²) < 4.78 is 2.63. The molecule has 0 aromatic rings. The second-order valence-electron chi connectivity index (χ2n) is 7.84. The summed E-state index contributed by atoms with van der Waals surface area (Å²) in [6, 6.07) is 0. The molecule has 19 heavy (non-hydrogen) atoms. The Bertz CT molecular complexity index is 269. The Labute approximate surface area is 121 Å². The van der Waals surface area contributed by atoms with Crippen LogP contribution < -0.4 is 0 Å². The summed E-state index contributed by atoms with van der Waals surface area (Å²) in [7, 11) is 4.95. The van der Waals surface area contributed by atoms with E-state index in [2.05, 4.69) is 27.9 Å². The number of quaternary nitrogens is 2. The lowest BCUT2D eigenvalue weighted by Crippen LogP contribution is -2.48. The molecule has 2 rings (SSSR count). The Morgan fingerprint density at radius 2 is 1.53 bits per heavy atom. The van der Waals surface area contributed by atoms with Gasteiger partial charge in [-0.1, -0.05) is 12.8 Å². The molecule has 1 saturated carbocycles. The highest BCUT2D eigenvalue weighted by molar-refractivity contribution is 4.80. The van der Waals surface area contributed by atoms with Crippen LogP contribution in [0.5, 0.6) is 0 Å². The van der Waals surface area contributed by atoms with Gasteiger partial charge in [0.15, 0.2) is 0 Å². The molecular weight excluding hydrogens is 232 g/mol. The average Bonchev–Trinajstić information content (AvgIpc) is 2.74. The van der Waals surface area contributed by atoms with Gasteiger partial charge >= 0.3 is 0 Å². The molecule has 3 atom stereocenters. The van der Waals surface area contributed by atoms with Crippen LogP contribution in [0, 0.1) is 11.8 Å². The molecule has 2 heteroatoms. The summed E-state index contributed by atoms with van der Waals surface area (Å²) in [6.07, 6.45) is 7.46. The topological polar surface area (TPSA) is 0 Å². The van der Waals surface area contributed by atoms with Crippen molar-refractivity contribution in [2.45, 2.75) is 46.0 Å². The van der Waals surface area contributed by atoms with Gasteiger partial charge in [0.25, 0.3) is 0 Å². The maximum Gasteiger partial charge on any atom is 0.0839 e. The molecule has 1 heterocycles. The van der Waals surface area contributed by atoms with E-state index in [4.69, 9.17) is 0 Å². The van der Waals surface area contributed by atoms with E-state index in [1.807, 2.05) is 0 Å². The fourth-order valence-electron chi connectivity index (χ4n) is 4.53. The van der Waals surface area contributed by atoms with Crippen LogP contribution in [0.1, 0.15) is 46.0 Å². The third kappa shape index (κ3) is 3.72. The van der Waals surface area contributed by atoms with E-state index in [1.54, 1.807) is 0 Å². The first-order valence-corrected chi connectivity index (χ1v) is 8.67. The van der Waals surface area contributed by atoms with Crippen molar-refractivity contribution in [3.63, 3.8) is 0 Å². The van der Waals surface area contributed by atoms with Crippen LogP contribution in [0.2, 0.25) is 0 Å². The lowest BCUT2D eigenvalue weighted by atomic mass is 9.82. The Balaban J connectivity index is 1.79. The van der Waals surface area contributed by atoms with E-state index in [0.717, 1.165) is 11.8 Å². The summed E-state index contributed by atoms with van der Waals surface area (Å²) >= 11 is 0. The first-order valence-electron chi connectivity index (χ1n) is 8.67. The zero-order valence-corrected chi connectivity index (χ0v) is 13.8. The molecule has 0 N–H and O–H groups in total. The lowest BCUT2D eigenvalue weighted by molar-refractivity contribution is -0.922. The molecule has 0 aromatic heterocycles. The third-order valence-corrected chi connectivity index (χ3v) is 6.34. The van der Waals surface area contributed by atoms with Gasteiger partial charge in [0, 0.05) is 18.3 Å². The number of nitrogens with zero attached hydrogens (tertiary/aromatic N) is 2. The number of hydrogen-bond acceptors (Lipinski definition) is 0. The van der Waals surface area contributed by atoms with Gasteiger partial charge in [-0.25, -0.2) is 0 Å². The maximum absolute atomic E-state index is 2.53. The molecule has 1 unspecified atom stereocenters. The van der Waals surface area contributed by atoms with Gasteiger partial charge in [-0.3, -0.25) is 0 Å². The largest absolute Gasteiger partial charge is 0.326 e. The highest BCUT2D eigenvalue weighted by atomic mass is 15.4. The predicted octanol–water partition coefficient (Wildman–Crippen LogP) is 3.13. The van der Waals surface area contributed by atoms with Gasteiger partial charge < -0.3 is 8.97 Å². The summed E-state index contributed by atoms with van der Waals surface area (Å²) in [5, 5.41) is 0. The van der Waals surface area contributed by atoms with Crippen LogP contribution in [0.3, 0.4) is 0 Å². The minimum atomic E-state index is 1.07. The second-order valence-corrected chi connectivity index (χ2v) is 7.84. The van der Waals surface area contributed by atoms with Gasteiger partial charge in [0.1, 0.15) is 0 Å². The molecule has 1 aliphatic heterocycles. The molecule has 112 valence electrons. The monoisotopic (exact) mass is 268 g/mol. The van der Waals surface area contributed by atoms with Crippen molar-refractivity contribution in [3.05, 3.63) is 0 Å². The fourth-order valence-corrected chi connectivity index (χ4v) is 4.53. The SMILES string of the molecule is CC[N+](C)(CC)CCC[N+]1(C)C[C@H]2CCCC[C@H]2C1. The molecule has 1 saturated heterocycles. The van der Waals surface area contributed by atoms with E-state index in [0.29, 0.717) is 0 Å². The van der Waals surface area contributed by atoms with Gasteiger partial charge in [-0.05, 0) is 26.7 Å². The highest BCUT2D eigenvalue weighted by Crippen LogP contribution is 2.39. The van der Waals surface area contributed by atoms with Crippen LogP contribution in [0.25, 0.3) is 0 Å². The molecule has 0 amide bonds. The van der Waals surface area contributed by atoms with Crippen LogP contribution in [0.15, 0.2) is 0 Å². The number of rotatable bonds is 6. The standard InChI is InChI=1S/C17H36N2/c1-5-18(3,6-2)12-9-13-19(4)14-16-10-7-8-11-17(16)15-19/h16-17H,5-15H2,1-4H3/q+2/t16-,17+,19?. The molecule has 0 spiro atoms. The summed E-state index contributed by atoms with van der Waals surface area (Å²) in [4.78, 5) is 0. The average molecular weight is 268 g/mol. The van der Waals surface area contributed by atoms with Gasteiger partial charge in [0.2, 0.25) is 0 Å². The molecule has 2 nitrogen and oxygen atoms in total. The molecule has 1 aliphatic carbocycles. The highest BCUT2D eigenvalue weighted by Gasteiger charge is 2.43. The zero-order chi connectivity index (χ0) is 13.9. The third-order valence-electron chi connectivity index (χ3n) is 6.34. The van der Waals surface area contributed by atoms with Gasteiger partial charge in [-0.15, -0.1) is 0 Å². The first-order chi connectivity index (χ1) is 9.00. The van der Waals surface area contributed by atoms with Crippen molar-refractivity contribution in [2.75, 3.05) is 53.4 Å². The maximum atomic E-state index is 2.53. The van der Waals surface area contributed by atoms with Gasteiger partial charge in [-0.2, -0.15) is 0 Å². The smallest absolute Gasteiger partial charge is 0.0839 e. The Morgan fingerprint density at radius 3 is 2.00 bits per heavy atom. The van der Waals surface area contributed by atoms with E-state index in [9.17, 15) is 0 Å². The zero-order valence-electron chi connectivity index (χ0n) is 13.8. The molecule has 2 fully saturated rings. The number of fused-ring (bicyclic) bond motifs is 1. The first kappa shape index (κ1) is 15.3. The van der Waals surface area contributed by atoms with Crippen LogP contribution >= 0.6 is 0 Å². The van der Waals surface area contributed by atoms with Crippen LogP contribution in [-0.4, -0.2) is 62.3 Å². The lowest BCUT2D eigenvalue weighted by Gasteiger charge is -2.35. The fraction of sp³-hybridized carbons (Fsp3) is 1.00. The van der Waals surface area contributed by atoms with Crippen molar-refractivity contribution < 1.29 is 8.97 Å². The normalized spacial score (nSPS) is 35.4. The van der Waals surface area contributed by atoms with Crippen molar-refractivity contribution in [1.82, 2.24) is 0 Å². The van der Waals surface area contributed by atoms with E-state index >= 15 is 0 Å². The number of likely N-dealkylation sites (tertiary alicyclic amines) is 1. The summed E-state index contributed by atoms with van der Waals surface area (Å²) in [5.74, 6) is 2.13. The Hall–Kier alpha value is -0.0800.